The Bertz CT molecular complexity index is 1360. The Morgan fingerprint density at radius 1 is 1.00 bits per heavy atom. The lowest BCUT2D eigenvalue weighted by atomic mass is 9.85. The van der Waals surface area contributed by atoms with Crippen LogP contribution < -0.4 is 10.0 Å². The fourth-order valence-electron chi connectivity index (χ4n) is 3.93. The first-order valence-corrected chi connectivity index (χ1v) is 12.8. The van der Waals surface area contributed by atoms with E-state index in [0.717, 1.165) is 11.1 Å². The molecule has 1 aliphatic heterocycles. The number of carboxylic acids is 1. The van der Waals surface area contributed by atoms with E-state index in [0.29, 0.717) is 11.2 Å². The smallest absolute Gasteiger partial charge is 0.322 e. The van der Waals surface area contributed by atoms with Gasteiger partial charge in [-0.3, -0.25) is 9.59 Å². The minimum absolute atomic E-state index is 0.0288. The van der Waals surface area contributed by atoms with E-state index in [9.17, 15) is 23.1 Å². The van der Waals surface area contributed by atoms with E-state index in [-0.39, 0.29) is 28.6 Å². The number of rotatable bonds is 8. The quantitative estimate of drug-likeness (QED) is 0.475. The summed E-state index contributed by atoms with van der Waals surface area (Å²) in [6.07, 6.45) is 6.94. The first-order chi connectivity index (χ1) is 17.0. The standard InChI is InChI=1S/C26H25BN2O6S/c1-15(2)24(26(31)32)29-36(33,34)21-10-5-17(6-11-21)16-3-8-20(9-4-16)28-25(30)23-14-18-13-19(27)7-12-22(18)35-23/h3-15,18,22,24,29H,1-2H3,(H,28,30)(H,31,32)/t18?,22?,24-/m0/s1. The van der Waals surface area contributed by atoms with Gasteiger partial charge in [-0.05, 0) is 53.5 Å². The van der Waals surface area contributed by atoms with Gasteiger partial charge in [-0.2, -0.15) is 4.72 Å². The van der Waals surface area contributed by atoms with Gasteiger partial charge in [0, 0.05) is 11.6 Å². The van der Waals surface area contributed by atoms with Gasteiger partial charge >= 0.3 is 5.97 Å². The maximum absolute atomic E-state index is 12.6. The number of carboxylic acid groups (broad SMARTS) is 1. The molecule has 2 aromatic carbocycles. The molecule has 4 rings (SSSR count). The maximum atomic E-state index is 12.6. The van der Waals surface area contributed by atoms with E-state index in [1.807, 2.05) is 12.2 Å². The fraction of sp³-hybridized carbons (Fsp3) is 0.231. The van der Waals surface area contributed by atoms with Crippen LogP contribution in [0.5, 0.6) is 0 Å². The van der Waals surface area contributed by atoms with Gasteiger partial charge < -0.3 is 15.2 Å². The highest BCUT2D eigenvalue weighted by Gasteiger charge is 2.31. The largest absolute Gasteiger partial charge is 0.480 e. The second-order valence-corrected chi connectivity index (χ2v) is 10.7. The van der Waals surface area contributed by atoms with Crippen molar-refractivity contribution >= 4 is 35.4 Å². The van der Waals surface area contributed by atoms with Crippen LogP contribution >= 0.6 is 0 Å². The van der Waals surface area contributed by atoms with Gasteiger partial charge in [0.25, 0.3) is 5.91 Å². The normalized spacial score (nSPS) is 19.6. The minimum atomic E-state index is -4.00. The van der Waals surface area contributed by atoms with Gasteiger partial charge in [0.05, 0.1) is 4.90 Å². The lowest BCUT2D eigenvalue weighted by Gasteiger charge is -2.18. The van der Waals surface area contributed by atoms with E-state index in [1.54, 1.807) is 62.4 Å². The molecule has 36 heavy (non-hydrogen) atoms. The molecule has 2 radical (unpaired) electrons. The van der Waals surface area contributed by atoms with Crippen molar-refractivity contribution in [1.82, 2.24) is 4.72 Å². The molecule has 0 fully saturated rings. The summed E-state index contributed by atoms with van der Waals surface area (Å²) in [4.78, 5) is 23.9. The number of amides is 1. The molecule has 1 amide bonds. The molecule has 0 aromatic heterocycles. The topological polar surface area (TPSA) is 122 Å². The average Bonchev–Trinajstić information content (AvgIpc) is 3.26. The average molecular weight is 504 g/mol. The van der Waals surface area contributed by atoms with Crippen LogP contribution in [0, 0.1) is 11.8 Å². The Morgan fingerprint density at radius 3 is 2.19 bits per heavy atom. The number of allylic oxidation sites excluding steroid dienone is 2. The summed E-state index contributed by atoms with van der Waals surface area (Å²) in [6.45, 7) is 3.26. The zero-order valence-electron chi connectivity index (χ0n) is 19.7. The molecule has 2 unspecified atom stereocenters. The van der Waals surface area contributed by atoms with Gasteiger partial charge in [-0.1, -0.05) is 50.3 Å². The Labute approximate surface area is 211 Å². The summed E-state index contributed by atoms with van der Waals surface area (Å²) >= 11 is 0. The number of ether oxygens (including phenoxy) is 1. The van der Waals surface area contributed by atoms with Crippen LogP contribution in [0.2, 0.25) is 0 Å². The van der Waals surface area contributed by atoms with Crippen LogP contribution in [-0.2, 0) is 24.3 Å². The molecule has 0 spiro atoms. The van der Waals surface area contributed by atoms with Crippen molar-refractivity contribution in [3.05, 3.63) is 84.1 Å². The second-order valence-electron chi connectivity index (χ2n) is 8.95. The Hall–Kier alpha value is -3.63. The van der Waals surface area contributed by atoms with Crippen molar-refractivity contribution in [2.45, 2.75) is 30.9 Å². The molecule has 184 valence electrons. The van der Waals surface area contributed by atoms with Gasteiger partial charge in [0.1, 0.15) is 20.0 Å². The number of benzene rings is 2. The SMILES string of the molecule is [B]C1=CC2C=C(C(=O)Nc3ccc(-c4ccc(S(=O)(=O)N[C@H](C(=O)O)C(C)C)cc4)cc3)OC2C=C1. The van der Waals surface area contributed by atoms with Gasteiger partial charge in [-0.25, -0.2) is 8.42 Å². The van der Waals surface area contributed by atoms with Gasteiger partial charge in [-0.15, -0.1) is 5.47 Å². The molecule has 2 aliphatic rings. The number of carbonyl (C=O) groups is 2. The van der Waals surface area contributed by atoms with Crippen LogP contribution in [0.15, 0.2) is 89.0 Å². The van der Waals surface area contributed by atoms with Crippen molar-refractivity contribution in [2.24, 2.45) is 11.8 Å². The third-order valence-corrected chi connectivity index (χ3v) is 7.39. The summed E-state index contributed by atoms with van der Waals surface area (Å²) in [6, 6.07) is 12.0. The van der Waals surface area contributed by atoms with Gasteiger partial charge in [0.2, 0.25) is 10.0 Å². The molecule has 3 atom stereocenters. The summed E-state index contributed by atoms with van der Waals surface area (Å²) in [7, 11) is 1.80. The lowest BCUT2D eigenvalue weighted by Crippen LogP contribution is -2.44. The maximum Gasteiger partial charge on any atom is 0.322 e. The van der Waals surface area contributed by atoms with Crippen molar-refractivity contribution in [2.75, 3.05) is 5.32 Å². The predicted molar refractivity (Wildman–Crippen MR) is 137 cm³/mol. The van der Waals surface area contributed by atoms with Crippen LogP contribution in [0.3, 0.4) is 0 Å². The monoisotopic (exact) mass is 504 g/mol. The third kappa shape index (κ3) is 5.61. The zero-order valence-corrected chi connectivity index (χ0v) is 20.5. The van der Waals surface area contributed by atoms with Crippen molar-refractivity contribution < 1.29 is 27.9 Å². The molecule has 2 aromatic rings. The van der Waals surface area contributed by atoms with E-state index in [4.69, 9.17) is 12.6 Å². The number of hydrogen-bond acceptors (Lipinski definition) is 5. The highest BCUT2D eigenvalue weighted by atomic mass is 32.2. The summed E-state index contributed by atoms with van der Waals surface area (Å²) < 4.78 is 33.2. The number of carbonyl (C=O) groups excluding carboxylic acids is 1. The molecular weight excluding hydrogens is 479 g/mol. The van der Waals surface area contributed by atoms with Crippen LogP contribution in [0.4, 0.5) is 5.69 Å². The fourth-order valence-corrected chi connectivity index (χ4v) is 5.27. The highest BCUT2D eigenvalue weighted by molar-refractivity contribution is 7.89. The lowest BCUT2D eigenvalue weighted by molar-refractivity contribution is -0.140. The second kappa shape index (κ2) is 10.2. The molecular formula is C26H25BN2O6S. The van der Waals surface area contributed by atoms with Crippen molar-refractivity contribution in [1.29, 1.82) is 0 Å². The van der Waals surface area contributed by atoms with E-state index in [2.05, 4.69) is 10.0 Å². The number of sulfonamides is 1. The molecule has 0 saturated carbocycles. The number of nitrogens with one attached hydrogen (secondary N) is 2. The molecule has 1 aliphatic carbocycles. The third-order valence-electron chi connectivity index (χ3n) is 5.93. The van der Waals surface area contributed by atoms with Crippen molar-refractivity contribution in [3.63, 3.8) is 0 Å². The van der Waals surface area contributed by atoms with E-state index >= 15 is 0 Å². The molecule has 0 saturated heterocycles. The van der Waals surface area contributed by atoms with E-state index < -0.39 is 28.0 Å². The summed E-state index contributed by atoms with van der Waals surface area (Å²) in [5, 5.41) is 12.1. The first kappa shape index (κ1) is 25.5. The Morgan fingerprint density at radius 2 is 1.61 bits per heavy atom. The molecule has 1 heterocycles. The van der Waals surface area contributed by atoms with Crippen LogP contribution in [-0.4, -0.2) is 45.4 Å². The minimum Gasteiger partial charge on any atom is -0.480 e. The van der Waals surface area contributed by atoms with Crippen molar-refractivity contribution in [3.8, 4) is 11.1 Å². The Balaban J connectivity index is 1.41. The highest BCUT2D eigenvalue weighted by Crippen LogP contribution is 2.30. The number of aliphatic carboxylic acids is 1. The Kier molecular flexibility index (Phi) is 7.19. The predicted octanol–water partition coefficient (Wildman–Crippen LogP) is 3.20. The summed E-state index contributed by atoms with van der Waals surface area (Å²) in [5.74, 6) is -1.84. The van der Waals surface area contributed by atoms with Crippen LogP contribution in [0.25, 0.3) is 11.1 Å². The number of anilines is 1. The molecule has 10 heteroatoms. The molecule has 3 N–H and O–H groups in total. The molecule has 8 nitrogen and oxygen atoms in total. The number of fused-ring (bicyclic) bond motifs is 1. The molecule has 0 bridgehead atoms. The zero-order chi connectivity index (χ0) is 26.0. The first-order valence-electron chi connectivity index (χ1n) is 11.3. The number of hydrogen-bond donors (Lipinski definition) is 3. The van der Waals surface area contributed by atoms with E-state index in [1.165, 1.54) is 12.1 Å². The summed E-state index contributed by atoms with van der Waals surface area (Å²) in [5.41, 5.74) is 2.77. The van der Waals surface area contributed by atoms with Crippen LogP contribution in [0.1, 0.15) is 13.8 Å². The van der Waals surface area contributed by atoms with Gasteiger partial charge in [0.15, 0.2) is 5.76 Å².